The smallest absolute Gasteiger partial charge is 0.291 e. The highest BCUT2D eigenvalue weighted by Gasteiger charge is 2.48. The van der Waals surface area contributed by atoms with E-state index in [0.29, 0.717) is 28.7 Å². The van der Waals surface area contributed by atoms with Gasteiger partial charge in [-0.05, 0) is 49.2 Å². The Morgan fingerprint density at radius 2 is 1.94 bits per heavy atom. The largest absolute Gasteiger partial charge is 0.493 e. The molecule has 1 saturated heterocycles. The number of hydrogen-bond donors (Lipinski definition) is 0. The summed E-state index contributed by atoms with van der Waals surface area (Å²) in [6.07, 6.45) is 0.284. The van der Waals surface area contributed by atoms with Crippen molar-refractivity contribution >= 4 is 38.3 Å². The van der Waals surface area contributed by atoms with Crippen molar-refractivity contribution in [3.05, 3.63) is 68.5 Å². The van der Waals surface area contributed by atoms with Crippen molar-refractivity contribution in [3.8, 4) is 11.5 Å². The summed E-state index contributed by atoms with van der Waals surface area (Å²) in [5.74, 6) is 0.177. The van der Waals surface area contributed by atoms with Crippen molar-refractivity contribution in [2.45, 2.75) is 25.4 Å². The minimum atomic E-state index is -3.29. The summed E-state index contributed by atoms with van der Waals surface area (Å²) in [6, 6.07) is 8.36. The molecule has 2 atom stereocenters. The average Bonchev–Trinajstić information content (AvgIpc) is 3.31. The quantitative estimate of drug-likeness (QED) is 0.524. The van der Waals surface area contributed by atoms with Crippen LogP contribution in [-0.4, -0.2) is 50.5 Å². The minimum absolute atomic E-state index is 0.0178. The highest BCUT2D eigenvalue weighted by Crippen LogP contribution is 2.43. The van der Waals surface area contributed by atoms with Crippen LogP contribution < -0.4 is 14.9 Å². The Balaban J connectivity index is 1.75. The minimum Gasteiger partial charge on any atom is -0.493 e. The number of amides is 1. The van der Waals surface area contributed by atoms with Crippen LogP contribution in [0.5, 0.6) is 11.5 Å². The van der Waals surface area contributed by atoms with E-state index in [1.807, 2.05) is 6.92 Å². The van der Waals surface area contributed by atoms with E-state index >= 15 is 0 Å². The number of benzene rings is 2. The van der Waals surface area contributed by atoms with Crippen LogP contribution in [0.15, 0.2) is 45.6 Å². The third-order valence-corrected chi connectivity index (χ3v) is 8.26. The summed E-state index contributed by atoms with van der Waals surface area (Å²) in [5, 5.41) is 0.616. The molecule has 178 valence electrons. The average molecular weight is 504 g/mol. The lowest BCUT2D eigenvalue weighted by Gasteiger charge is -2.30. The zero-order chi connectivity index (χ0) is 24.2. The van der Waals surface area contributed by atoms with Gasteiger partial charge in [0.1, 0.15) is 5.58 Å². The first kappa shape index (κ1) is 22.7. The normalized spacial score (nSPS) is 21.1. The van der Waals surface area contributed by atoms with Crippen molar-refractivity contribution < 1.29 is 27.1 Å². The van der Waals surface area contributed by atoms with Gasteiger partial charge in [0.05, 0.1) is 42.2 Å². The highest BCUT2D eigenvalue weighted by atomic mass is 35.5. The molecule has 1 fully saturated rings. The van der Waals surface area contributed by atoms with Gasteiger partial charge in [-0.1, -0.05) is 17.7 Å². The van der Waals surface area contributed by atoms with Crippen LogP contribution >= 0.6 is 11.6 Å². The van der Waals surface area contributed by atoms with Crippen LogP contribution in [0.4, 0.5) is 0 Å². The number of carbonyl (C=O) groups is 1. The van der Waals surface area contributed by atoms with Gasteiger partial charge < -0.3 is 18.8 Å². The third-order valence-electron chi connectivity index (χ3n) is 6.27. The lowest BCUT2D eigenvalue weighted by Crippen LogP contribution is -2.40. The first-order valence-corrected chi connectivity index (χ1v) is 13.0. The fourth-order valence-electron chi connectivity index (χ4n) is 4.79. The van der Waals surface area contributed by atoms with Gasteiger partial charge >= 0.3 is 0 Å². The van der Waals surface area contributed by atoms with Crippen LogP contribution in [0.3, 0.4) is 0 Å². The Bertz CT molecular complexity index is 1480. The van der Waals surface area contributed by atoms with E-state index in [9.17, 15) is 18.0 Å². The number of rotatable bonds is 5. The van der Waals surface area contributed by atoms with Gasteiger partial charge in [-0.25, -0.2) is 8.42 Å². The van der Waals surface area contributed by atoms with Gasteiger partial charge in [0.15, 0.2) is 26.8 Å². The van der Waals surface area contributed by atoms with Gasteiger partial charge in [-0.3, -0.25) is 9.59 Å². The number of halogens is 1. The number of hydrogen-bond acceptors (Lipinski definition) is 7. The molecule has 0 aliphatic carbocycles. The van der Waals surface area contributed by atoms with Crippen LogP contribution in [0, 0.1) is 0 Å². The Kier molecular flexibility index (Phi) is 5.56. The second kappa shape index (κ2) is 8.32. The van der Waals surface area contributed by atoms with Crippen molar-refractivity contribution in [3.63, 3.8) is 0 Å². The maximum atomic E-state index is 13.6. The molecule has 2 aliphatic heterocycles. The van der Waals surface area contributed by atoms with E-state index in [1.54, 1.807) is 30.3 Å². The number of ether oxygens (including phenoxy) is 2. The second-order valence-electron chi connectivity index (χ2n) is 8.33. The highest BCUT2D eigenvalue weighted by molar-refractivity contribution is 7.91. The zero-order valence-electron chi connectivity index (χ0n) is 18.5. The molecule has 3 heterocycles. The summed E-state index contributed by atoms with van der Waals surface area (Å²) in [4.78, 5) is 28.7. The number of sulfone groups is 1. The van der Waals surface area contributed by atoms with Crippen LogP contribution in [0.1, 0.15) is 41.1 Å². The molecule has 10 heteroatoms. The van der Waals surface area contributed by atoms with Crippen molar-refractivity contribution in [1.82, 2.24) is 4.90 Å². The van der Waals surface area contributed by atoms with Crippen molar-refractivity contribution in [1.29, 1.82) is 0 Å². The second-order valence-corrected chi connectivity index (χ2v) is 11.0. The molecule has 0 bridgehead atoms. The molecule has 2 aromatic carbocycles. The predicted octanol–water partition coefficient (Wildman–Crippen LogP) is 3.59. The topological polar surface area (TPSA) is 103 Å². The van der Waals surface area contributed by atoms with E-state index in [2.05, 4.69) is 0 Å². The molecule has 1 amide bonds. The van der Waals surface area contributed by atoms with E-state index < -0.39 is 27.8 Å². The van der Waals surface area contributed by atoms with Crippen LogP contribution in [0.2, 0.25) is 5.02 Å². The molecule has 1 aromatic heterocycles. The van der Waals surface area contributed by atoms with E-state index in [-0.39, 0.29) is 45.6 Å². The van der Waals surface area contributed by atoms with Gasteiger partial charge in [0.2, 0.25) is 5.76 Å². The molecule has 2 aliphatic rings. The number of nitrogens with zero attached hydrogens (tertiary/aromatic N) is 1. The maximum Gasteiger partial charge on any atom is 0.291 e. The molecule has 2 unspecified atom stereocenters. The zero-order valence-corrected chi connectivity index (χ0v) is 20.1. The first-order chi connectivity index (χ1) is 16.2. The molecule has 8 nitrogen and oxygen atoms in total. The summed E-state index contributed by atoms with van der Waals surface area (Å²) in [6.45, 7) is 2.28. The molecule has 5 rings (SSSR count). The fourth-order valence-corrected chi connectivity index (χ4v) is 6.67. The van der Waals surface area contributed by atoms with Gasteiger partial charge in [0.25, 0.3) is 5.91 Å². The van der Waals surface area contributed by atoms with Crippen molar-refractivity contribution in [2.75, 3.05) is 25.2 Å². The molecule has 0 radical (unpaired) electrons. The van der Waals surface area contributed by atoms with E-state index in [4.69, 9.17) is 25.5 Å². The number of fused-ring (bicyclic) bond motifs is 2. The lowest BCUT2D eigenvalue weighted by molar-refractivity contribution is 0.0662. The molecular weight excluding hydrogens is 482 g/mol. The monoisotopic (exact) mass is 503 g/mol. The summed E-state index contributed by atoms with van der Waals surface area (Å²) >= 11 is 6.12. The van der Waals surface area contributed by atoms with Crippen LogP contribution in [0.25, 0.3) is 11.0 Å². The SMILES string of the molecule is CCOc1ccc(C2c3c(oc4ccc(Cl)cc4c3=O)C(=O)N2C2CCS(=O)(=O)C2)cc1OC. The van der Waals surface area contributed by atoms with E-state index in [1.165, 1.54) is 18.1 Å². The lowest BCUT2D eigenvalue weighted by atomic mass is 9.97. The Morgan fingerprint density at radius 3 is 2.62 bits per heavy atom. The third kappa shape index (κ3) is 3.63. The first-order valence-electron chi connectivity index (χ1n) is 10.8. The van der Waals surface area contributed by atoms with Gasteiger partial charge in [-0.2, -0.15) is 0 Å². The molecule has 0 N–H and O–H groups in total. The van der Waals surface area contributed by atoms with Gasteiger partial charge in [-0.15, -0.1) is 0 Å². The Hall–Kier alpha value is -3.04. The molecule has 3 aromatic rings. The predicted molar refractivity (Wildman–Crippen MR) is 127 cm³/mol. The van der Waals surface area contributed by atoms with Crippen molar-refractivity contribution in [2.24, 2.45) is 0 Å². The molecule has 0 saturated carbocycles. The number of methoxy groups -OCH3 is 1. The fraction of sp³-hybridized carbons (Fsp3) is 0.333. The molecule has 0 spiro atoms. The summed E-state index contributed by atoms with van der Waals surface area (Å²) in [7, 11) is -1.79. The summed E-state index contributed by atoms with van der Waals surface area (Å²) in [5.41, 5.74) is 0.611. The Morgan fingerprint density at radius 1 is 1.15 bits per heavy atom. The Labute approximate surface area is 200 Å². The molecule has 34 heavy (non-hydrogen) atoms. The standard InChI is InChI=1S/C24H22ClNO7S/c1-3-32-18-6-4-13(10-19(18)31-2)21-20-22(27)16-11-14(25)5-7-17(16)33-23(20)24(28)26(21)15-8-9-34(29,30)12-15/h4-7,10-11,15,21H,3,8-9,12H2,1-2H3. The summed E-state index contributed by atoms with van der Waals surface area (Å²) < 4.78 is 41.5. The molecular formula is C24H22ClNO7S. The number of carbonyl (C=O) groups excluding carboxylic acids is 1. The van der Waals surface area contributed by atoms with Gasteiger partial charge in [0, 0.05) is 11.1 Å². The maximum absolute atomic E-state index is 13.6. The van der Waals surface area contributed by atoms with E-state index in [0.717, 1.165) is 0 Å². The van der Waals surface area contributed by atoms with Crippen LogP contribution in [-0.2, 0) is 9.84 Å².